The van der Waals surface area contributed by atoms with Gasteiger partial charge >= 0.3 is 5.97 Å². The van der Waals surface area contributed by atoms with Crippen LogP contribution in [0.4, 0.5) is 0 Å². The van der Waals surface area contributed by atoms with Crippen molar-refractivity contribution in [3.8, 4) is 11.5 Å². The van der Waals surface area contributed by atoms with Crippen LogP contribution in [0.3, 0.4) is 0 Å². The highest BCUT2D eigenvalue weighted by molar-refractivity contribution is 6.01. The van der Waals surface area contributed by atoms with E-state index < -0.39 is 11.9 Å². The Labute approximate surface area is 104 Å². The van der Waals surface area contributed by atoms with Crippen molar-refractivity contribution in [2.45, 2.75) is 12.8 Å². The van der Waals surface area contributed by atoms with Crippen LogP contribution < -0.4 is 9.47 Å². The predicted octanol–water partition coefficient (Wildman–Crippen LogP) is 1.53. The summed E-state index contributed by atoms with van der Waals surface area (Å²) in [5, 5.41) is 9.00. The number of fused-ring (bicyclic) bond motifs is 1. The summed E-state index contributed by atoms with van der Waals surface area (Å²) >= 11 is 0. The third-order valence-electron chi connectivity index (χ3n) is 3.16. The van der Waals surface area contributed by atoms with E-state index in [0.717, 1.165) is 0 Å². The molecule has 5 nitrogen and oxygen atoms in total. The standard InChI is InChI=1S/C13H14O5/c1-17-11-5-7-3-8(13(15)16)4-10(14)9(7)6-12(11)18-2/h5-6,8H,3-4H2,1-2H3,(H,15,16). The number of carbonyl (C=O) groups is 2. The van der Waals surface area contributed by atoms with Crippen LogP contribution in [-0.4, -0.2) is 31.1 Å². The molecule has 1 aliphatic carbocycles. The Hall–Kier alpha value is -2.04. The second-order valence-electron chi connectivity index (χ2n) is 4.23. The first-order valence-corrected chi connectivity index (χ1v) is 5.57. The summed E-state index contributed by atoms with van der Waals surface area (Å²) in [6.07, 6.45) is 0.384. The van der Waals surface area contributed by atoms with Gasteiger partial charge in [0.1, 0.15) is 0 Å². The number of carboxylic acid groups (broad SMARTS) is 1. The molecule has 0 radical (unpaired) electrons. The maximum Gasteiger partial charge on any atom is 0.307 e. The highest BCUT2D eigenvalue weighted by Crippen LogP contribution is 2.35. The molecule has 18 heavy (non-hydrogen) atoms. The first kappa shape index (κ1) is 12.4. The molecule has 0 spiro atoms. The van der Waals surface area contributed by atoms with Crippen molar-refractivity contribution in [1.82, 2.24) is 0 Å². The number of Topliss-reactive ketones (excluding diaryl/α,β-unsaturated/α-hetero) is 1. The molecule has 1 atom stereocenters. The SMILES string of the molecule is COc1cc2c(cc1OC)C(=O)CC(C(=O)O)C2. The van der Waals surface area contributed by atoms with Gasteiger partial charge in [-0.15, -0.1) is 0 Å². The van der Waals surface area contributed by atoms with Crippen molar-refractivity contribution in [3.05, 3.63) is 23.3 Å². The van der Waals surface area contributed by atoms with E-state index in [9.17, 15) is 9.59 Å². The number of aliphatic carboxylic acids is 1. The van der Waals surface area contributed by atoms with Crippen LogP contribution in [-0.2, 0) is 11.2 Å². The van der Waals surface area contributed by atoms with E-state index in [1.807, 2.05) is 0 Å². The van der Waals surface area contributed by atoms with Crippen LogP contribution in [0, 0.1) is 5.92 Å². The van der Waals surface area contributed by atoms with E-state index in [4.69, 9.17) is 14.6 Å². The van der Waals surface area contributed by atoms with E-state index in [-0.39, 0.29) is 12.2 Å². The minimum atomic E-state index is -0.941. The molecule has 0 saturated carbocycles. The highest BCUT2D eigenvalue weighted by atomic mass is 16.5. The molecule has 1 aliphatic rings. The molecule has 0 heterocycles. The number of hydrogen-bond donors (Lipinski definition) is 1. The lowest BCUT2D eigenvalue weighted by atomic mass is 9.83. The zero-order chi connectivity index (χ0) is 13.3. The summed E-state index contributed by atoms with van der Waals surface area (Å²) in [5.41, 5.74) is 1.24. The highest BCUT2D eigenvalue weighted by Gasteiger charge is 2.30. The average molecular weight is 250 g/mol. The van der Waals surface area contributed by atoms with Gasteiger partial charge < -0.3 is 14.6 Å². The zero-order valence-electron chi connectivity index (χ0n) is 10.2. The van der Waals surface area contributed by atoms with Crippen molar-refractivity contribution < 1.29 is 24.2 Å². The summed E-state index contributed by atoms with van der Waals surface area (Å²) in [6.45, 7) is 0. The normalized spacial score (nSPS) is 18.1. The lowest BCUT2D eigenvalue weighted by Gasteiger charge is -2.22. The molecule has 1 aromatic rings. The van der Waals surface area contributed by atoms with Crippen LogP contribution in [0.1, 0.15) is 22.3 Å². The lowest BCUT2D eigenvalue weighted by Crippen LogP contribution is -2.26. The molecular formula is C13H14O5. The summed E-state index contributed by atoms with van der Waals surface area (Å²) in [4.78, 5) is 22.9. The van der Waals surface area contributed by atoms with Crippen molar-refractivity contribution in [3.63, 3.8) is 0 Å². The maximum absolute atomic E-state index is 11.9. The van der Waals surface area contributed by atoms with Gasteiger partial charge in [0, 0.05) is 12.0 Å². The summed E-state index contributed by atoms with van der Waals surface area (Å²) in [6, 6.07) is 3.30. The van der Waals surface area contributed by atoms with Gasteiger partial charge in [-0.05, 0) is 24.1 Å². The van der Waals surface area contributed by atoms with Crippen molar-refractivity contribution in [2.24, 2.45) is 5.92 Å². The van der Waals surface area contributed by atoms with Crippen LogP contribution in [0.15, 0.2) is 12.1 Å². The van der Waals surface area contributed by atoms with Crippen molar-refractivity contribution in [2.75, 3.05) is 14.2 Å². The first-order valence-electron chi connectivity index (χ1n) is 5.57. The fourth-order valence-electron chi connectivity index (χ4n) is 2.20. The van der Waals surface area contributed by atoms with Gasteiger partial charge in [-0.3, -0.25) is 9.59 Å². The third-order valence-corrected chi connectivity index (χ3v) is 3.16. The van der Waals surface area contributed by atoms with Gasteiger partial charge in [0.25, 0.3) is 0 Å². The Bertz CT molecular complexity index is 506. The van der Waals surface area contributed by atoms with E-state index in [1.165, 1.54) is 14.2 Å². The smallest absolute Gasteiger partial charge is 0.307 e. The van der Waals surface area contributed by atoms with Crippen molar-refractivity contribution in [1.29, 1.82) is 0 Å². The van der Waals surface area contributed by atoms with E-state index in [2.05, 4.69) is 0 Å². The molecule has 2 rings (SSSR count). The van der Waals surface area contributed by atoms with E-state index >= 15 is 0 Å². The van der Waals surface area contributed by atoms with Gasteiger partial charge in [0.15, 0.2) is 17.3 Å². The number of methoxy groups -OCH3 is 2. The largest absolute Gasteiger partial charge is 0.493 e. The van der Waals surface area contributed by atoms with Gasteiger partial charge in [-0.1, -0.05) is 0 Å². The van der Waals surface area contributed by atoms with E-state index in [0.29, 0.717) is 29.0 Å². The number of ether oxygens (including phenoxy) is 2. The molecule has 0 aromatic heterocycles. The number of hydrogen-bond acceptors (Lipinski definition) is 4. The van der Waals surface area contributed by atoms with Gasteiger partial charge in [-0.2, -0.15) is 0 Å². The summed E-state index contributed by atoms with van der Waals surface area (Å²) in [7, 11) is 3.00. The number of benzene rings is 1. The summed E-state index contributed by atoms with van der Waals surface area (Å²) in [5.74, 6) is -0.759. The second kappa shape index (κ2) is 4.68. The minimum Gasteiger partial charge on any atom is -0.493 e. The first-order chi connectivity index (χ1) is 8.56. The number of carboxylic acids is 1. The number of rotatable bonds is 3. The third kappa shape index (κ3) is 2.03. The fraction of sp³-hybridized carbons (Fsp3) is 0.385. The molecule has 0 fully saturated rings. The molecule has 0 bridgehead atoms. The predicted molar refractivity (Wildman–Crippen MR) is 63.3 cm³/mol. The Kier molecular flexibility index (Phi) is 3.23. The number of carbonyl (C=O) groups excluding carboxylic acids is 1. The van der Waals surface area contributed by atoms with Crippen LogP contribution >= 0.6 is 0 Å². The molecule has 1 N–H and O–H groups in total. The quantitative estimate of drug-likeness (QED) is 0.880. The molecular weight excluding hydrogens is 236 g/mol. The Morgan fingerprint density at radius 2 is 1.83 bits per heavy atom. The molecule has 1 aromatic carbocycles. The fourth-order valence-corrected chi connectivity index (χ4v) is 2.20. The topological polar surface area (TPSA) is 72.8 Å². The van der Waals surface area contributed by atoms with Crippen LogP contribution in [0.2, 0.25) is 0 Å². The average Bonchev–Trinajstić information content (AvgIpc) is 2.36. The molecule has 0 saturated heterocycles. The van der Waals surface area contributed by atoms with E-state index in [1.54, 1.807) is 12.1 Å². The maximum atomic E-state index is 11.9. The van der Waals surface area contributed by atoms with Gasteiger partial charge in [0.05, 0.1) is 20.1 Å². The van der Waals surface area contributed by atoms with Crippen LogP contribution in [0.5, 0.6) is 11.5 Å². The number of ketones is 1. The lowest BCUT2D eigenvalue weighted by molar-refractivity contribution is -0.141. The second-order valence-corrected chi connectivity index (χ2v) is 4.23. The van der Waals surface area contributed by atoms with Crippen molar-refractivity contribution >= 4 is 11.8 Å². The molecule has 5 heteroatoms. The molecule has 1 unspecified atom stereocenters. The zero-order valence-corrected chi connectivity index (χ0v) is 10.2. The van der Waals surface area contributed by atoms with Crippen LogP contribution in [0.25, 0.3) is 0 Å². The molecule has 96 valence electrons. The monoisotopic (exact) mass is 250 g/mol. The molecule has 0 aliphatic heterocycles. The summed E-state index contributed by atoms with van der Waals surface area (Å²) < 4.78 is 10.3. The Morgan fingerprint density at radius 3 is 2.39 bits per heavy atom. The minimum absolute atomic E-state index is 0.0395. The molecule has 0 amide bonds. The Morgan fingerprint density at radius 1 is 1.22 bits per heavy atom. The van der Waals surface area contributed by atoms with Gasteiger partial charge in [0.2, 0.25) is 0 Å². The Balaban J connectivity index is 2.47. The van der Waals surface area contributed by atoms with Gasteiger partial charge in [-0.25, -0.2) is 0 Å².